The Morgan fingerprint density at radius 3 is 2.79 bits per heavy atom. The van der Waals surface area contributed by atoms with E-state index >= 15 is 0 Å². The molecule has 1 fully saturated rings. The molecule has 1 heterocycles. The Balaban J connectivity index is 1.81. The lowest BCUT2D eigenvalue weighted by Crippen LogP contribution is -2.35. The summed E-state index contributed by atoms with van der Waals surface area (Å²) in [7, 11) is 0. The molecule has 0 bridgehead atoms. The van der Waals surface area contributed by atoms with Crippen LogP contribution in [0.15, 0.2) is 40.9 Å². The predicted octanol–water partition coefficient (Wildman–Crippen LogP) is 3.29. The van der Waals surface area contributed by atoms with Gasteiger partial charge in [0, 0.05) is 10.2 Å². The zero-order valence-corrected chi connectivity index (χ0v) is 12.0. The molecule has 1 aliphatic rings. The number of anilines is 1. The van der Waals surface area contributed by atoms with E-state index in [1.807, 2.05) is 30.3 Å². The van der Waals surface area contributed by atoms with Crippen molar-refractivity contribution in [2.75, 3.05) is 11.9 Å². The number of fused-ring (bicyclic) bond motifs is 1. The summed E-state index contributed by atoms with van der Waals surface area (Å²) in [5, 5.41) is 8.46. The molecule has 2 aromatic carbocycles. The average molecular weight is 319 g/mol. The van der Waals surface area contributed by atoms with E-state index in [2.05, 4.69) is 32.6 Å². The van der Waals surface area contributed by atoms with Gasteiger partial charge in [-0.25, -0.2) is 0 Å². The normalized spacial score (nSPS) is 18.7. The zero-order valence-electron chi connectivity index (χ0n) is 10.4. The Labute approximate surface area is 120 Å². The predicted molar refractivity (Wildman–Crippen MR) is 81.3 cm³/mol. The first-order valence-electron chi connectivity index (χ1n) is 6.46. The fourth-order valence-corrected chi connectivity index (χ4v) is 2.81. The van der Waals surface area contributed by atoms with E-state index in [0.29, 0.717) is 0 Å². The lowest BCUT2D eigenvalue weighted by Gasteiger charge is -2.11. The Morgan fingerprint density at radius 2 is 2.00 bits per heavy atom. The fourth-order valence-electron chi connectivity index (χ4n) is 2.43. The molecular weight excluding hydrogens is 304 g/mol. The summed E-state index contributed by atoms with van der Waals surface area (Å²) in [5.74, 6) is 0.0639. The first-order chi connectivity index (χ1) is 9.22. The molecule has 1 aliphatic heterocycles. The summed E-state index contributed by atoms with van der Waals surface area (Å²) in [6, 6.07) is 12.1. The van der Waals surface area contributed by atoms with Gasteiger partial charge in [0.25, 0.3) is 0 Å². The van der Waals surface area contributed by atoms with Gasteiger partial charge in [-0.1, -0.05) is 28.1 Å². The Kier molecular flexibility index (Phi) is 3.53. The summed E-state index contributed by atoms with van der Waals surface area (Å²) in [6.07, 6.45) is 2.00. The van der Waals surface area contributed by atoms with Crippen molar-refractivity contribution in [1.82, 2.24) is 5.32 Å². The van der Waals surface area contributed by atoms with Crippen molar-refractivity contribution in [1.29, 1.82) is 0 Å². The minimum Gasteiger partial charge on any atom is -0.325 e. The van der Waals surface area contributed by atoms with Gasteiger partial charge in [0.05, 0.1) is 6.04 Å². The monoisotopic (exact) mass is 318 g/mol. The van der Waals surface area contributed by atoms with Gasteiger partial charge >= 0.3 is 0 Å². The number of benzene rings is 2. The largest absolute Gasteiger partial charge is 0.325 e. The quantitative estimate of drug-likeness (QED) is 0.892. The molecule has 4 heteroatoms. The molecule has 0 saturated carbocycles. The standard InChI is InChI=1S/C15H15BrN2O/c16-12-5-3-11-9-13(6-4-10(11)8-12)18-15(19)14-2-1-7-17-14/h3-6,8-9,14,17H,1-2,7H2,(H,18,19)/t14-/m0/s1. The number of halogens is 1. The van der Waals surface area contributed by atoms with Gasteiger partial charge in [-0.05, 0) is 54.4 Å². The number of carbonyl (C=O) groups is 1. The van der Waals surface area contributed by atoms with Crippen molar-refractivity contribution in [2.45, 2.75) is 18.9 Å². The van der Waals surface area contributed by atoms with Crippen molar-refractivity contribution >= 4 is 38.3 Å². The highest BCUT2D eigenvalue weighted by atomic mass is 79.9. The minimum absolute atomic E-state index is 0.0411. The van der Waals surface area contributed by atoms with E-state index < -0.39 is 0 Å². The van der Waals surface area contributed by atoms with Crippen LogP contribution in [0.3, 0.4) is 0 Å². The molecule has 98 valence electrons. The van der Waals surface area contributed by atoms with Gasteiger partial charge in [0.2, 0.25) is 5.91 Å². The molecule has 2 aromatic rings. The van der Waals surface area contributed by atoms with E-state index in [4.69, 9.17) is 0 Å². The van der Waals surface area contributed by atoms with Crippen LogP contribution >= 0.6 is 15.9 Å². The van der Waals surface area contributed by atoms with Crippen LogP contribution in [0.25, 0.3) is 10.8 Å². The molecule has 3 nitrogen and oxygen atoms in total. The van der Waals surface area contributed by atoms with Crippen molar-refractivity contribution in [2.24, 2.45) is 0 Å². The number of hydrogen-bond acceptors (Lipinski definition) is 2. The van der Waals surface area contributed by atoms with Crippen molar-refractivity contribution in [3.8, 4) is 0 Å². The van der Waals surface area contributed by atoms with Crippen LogP contribution in [-0.4, -0.2) is 18.5 Å². The minimum atomic E-state index is -0.0411. The van der Waals surface area contributed by atoms with Gasteiger partial charge in [0.15, 0.2) is 0 Å². The summed E-state index contributed by atoms with van der Waals surface area (Å²) in [6.45, 7) is 0.934. The van der Waals surface area contributed by atoms with E-state index in [-0.39, 0.29) is 11.9 Å². The summed E-state index contributed by atoms with van der Waals surface area (Å²) >= 11 is 3.46. The fraction of sp³-hybridized carbons (Fsp3) is 0.267. The third kappa shape index (κ3) is 2.80. The average Bonchev–Trinajstić information content (AvgIpc) is 2.93. The molecule has 0 aromatic heterocycles. The summed E-state index contributed by atoms with van der Waals surface area (Å²) in [4.78, 5) is 12.0. The van der Waals surface area contributed by atoms with Crippen LogP contribution in [-0.2, 0) is 4.79 Å². The first-order valence-corrected chi connectivity index (χ1v) is 7.25. The van der Waals surface area contributed by atoms with Crippen LogP contribution in [0, 0.1) is 0 Å². The summed E-state index contributed by atoms with van der Waals surface area (Å²) < 4.78 is 1.06. The van der Waals surface area contributed by atoms with Crippen LogP contribution in [0.1, 0.15) is 12.8 Å². The van der Waals surface area contributed by atoms with Crippen LogP contribution < -0.4 is 10.6 Å². The smallest absolute Gasteiger partial charge is 0.241 e. The molecule has 1 amide bonds. The van der Waals surface area contributed by atoms with Gasteiger partial charge in [-0.2, -0.15) is 0 Å². The summed E-state index contributed by atoms with van der Waals surface area (Å²) in [5.41, 5.74) is 0.855. The second kappa shape index (κ2) is 5.31. The molecule has 1 atom stereocenters. The highest BCUT2D eigenvalue weighted by Crippen LogP contribution is 2.23. The van der Waals surface area contributed by atoms with E-state index in [1.54, 1.807) is 0 Å². The van der Waals surface area contributed by atoms with Gasteiger partial charge in [-0.3, -0.25) is 4.79 Å². The number of hydrogen-bond donors (Lipinski definition) is 2. The molecule has 3 rings (SSSR count). The van der Waals surface area contributed by atoms with Gasteiger partial charge in [0.1, 0.15) is 0 Å². The van der Waals surface area contributed by atoms with E-state index in [0.717, 1.165) is 40.3 Å². The lowest BCUT2D eigenvalue weighted by molar-refractivity contribution is -0.117. The van der Waals surface area contributed by atoms with Crippen molar-refractivity contribution < 1.29 is 4.79 Å². The Hall–Kier alpha value is -1.39. The number of rotatable bonds is 2. The van der Waals surface area contributed by atoms with E-state index in [1.165, 1.54) is 0 Å². The maximum Gasteiger partial charge on any atom is 0.241 e. The molecular formula is C15H15BrN2O. The molecule has 19 heavy (non-hydrogen) atoms. The Morgan fingerprint density at radius 1 is 1.21 bits per heavy atom. The second-order valence-corrected chi connectivity index (χ2v) is 5.76. The van der Waals surface area contributed by atoms with E-state index in [9.17, 15) is 4.79 Å². The molecule has 0 radical (unpaired) electrons. The van der Waals surface area contributed by atoms with Crippen molar-refractivity contribution in [3.63, 3.8) is 0 Å². The number of amides is 1. The molecule has 0 aliphatic carbocycles. The molecule has 0 spiro atoms. The zero-order chi connectivity index (χ0) is 13.2. The second-order valence-electron chi connectivity index (χ2n) is 4.84. The third-order valence-electron chi connectivity index (χ3n) is 3.45. The van der Waals surface area contributed by atoms with Crippen LogP contribution in [0.4, 0.5) is 5.69 Å². The van der Waals surface area contributed by atoms with Gasteiger partial charge in [-0.15, -0.1) is 0 Å². The molecule has 1 saturated heterocycles. The third-order valence-corrected chi connectivity index (χ3v) is 3.94. The topological polar surface area (TPSA) is 41.1 Å². The van der Waals surface area contributed by atoms with Crippen molar-refractivity contribution in [3.05, 3.63) is 40.9 Å². The lowest BCUT2D eigenvalue weighted by atomic mass is 10.1. The van der Waals surface area contributed by atoms with Crippen LogP contribution in [0.2, 0.25) is 0 Å². The Bertz CT molecular complexity index is 621. The SMILES string of the molecule is O=C(Nc1ccc2cc(Br)ccc2c1)[C@@H]1CCCN1. The molecule has 2 N–H and O–H groups in total. The highest BCUT2D eigenvalue weighted by Gasteiger charge is 2.21. The van der Waals surface area contributed by atoms with Crippen LogP contribution in [0.5, 0.6) is 0 Å². The van der Waals surface area contributed by atoms with Gasteiger partial charge < -0.3 is 10.6 Å². The number of nitrogens with one attached hydrogen (secondary N) is 2. The maximum absolute atomic E-state index is 12.0. The highest BCUT2D eigenvalue weighted by molar-refractivity contribution is 9.10. The maximum atomic E-state index is 12.0. The number of carbonyl (C=O) groups excluding carboxylic acids is 1. The molecule has 0 unspecified atom stereocenters. The first kappa shape index (κ1) is 12.6.